The van der Waals surface area contributed by atoms with Crippen LogP contribution in [-0.2, 0) is 4.74 Å². The number of nitrogens with two attached hydrogens (primary N) is 1. The number of aromatic nitrogens is 1. The molecule has 15 heavy (non-hydrogen) atoms. The number of ether oxygens (including phenoxy) is 1. The normalized spacial score (nSPS) is 10.3. The van der Waals surface area contributed by atoms with Crippen molar-refractivity contribution in [3.63, 3.8) is 0 Å². The molecular formula is C9H13BrFN3O. The van der Waals surface area contributed by atoms with Crippen LogP contribution in [0.5, 0.6) is 0 Å². The third kappa shape index (κ3) is 4.55. The fraction of sp³-hybridized carbons (Fsp3) is 0.444. The molecule has 3 N–H and O–H groups in total. The number of nitrogens with zero attached hydrogens (tertiary/aromatic N) is 1. The van der Waals surface area contributed by atoms with E-state index in [0.717, 1.165) is 0 Å². The van der Waals surface area contributed by atoms with Crippen LogP contribution in [0, 0.1) is 5.82 Å². The molecule has 0 fully saturated rings. The zero-order valence-corrected chi connectivity index (χ0v) is 9.76. The van der Waals surface area contributed by atoms with Crippen LogP contribution in [0.15, 0.2) is 16.7 Å². The highest BCUT2D eigenvalue weighted by Gasteiger charge is 2.02. The highest BCUT2D eigenvalue weighted by molar-refractivity contribution is 9.10. The van der Waals surface area contributed by atoms with Gasteiger partial charge in [0.15, 0.2) is 11.6 Å². The Morgan fingerprint density at radius 1 is 1.53 bits per heavy atom. The molecule has 1 rings (SSSR count). The van der Waals surface area contributed by atoms with Gasteiger partial charge in [-0.05, 0) is 22.0 Å². The zero-order chi connectivity index (χ0) is 11.1. The van der Waals surface area contributed by atoms with Crippen LogP contribution in [0.2, 0.25) is 0 Å². The van der Waals surface area contributed by atoms with Gasteiger partial charge in [0.1, 0.15) is 0 Å². The van der Waals surface area contributed by atoms with E-state index in [2.05, 4.69) is 26.2 Å². The fourth-order valence-electron chi connectivity index (χ4n) is 0.972. The van der Waals surface area contributed by atoms with Crippen molar-refractivity contribution in [2.45, 2.75) is 0 Å². The molecule has 0 bridgehead atoms. The molecule has 0 saturated carbocycles. The maximum Gasteiger partial charge on any atom is 0.166 e. The molecule has 0 atom stereocenters. The Hall–Kier alpha value is -0.720. The highest BCUT2D eigenvalue weighted by atomic mass is 79.9. The summed E-state index contributed by atoms with van der Waals surface area (Å²) in [6.07, 6.45) is 1.53. The molecule has 0 aliphatic heterocycles. The number of rotatable bonds is 6. The summed E-state index contributed by atoms with van der Waals surface area (Å²) >= 11 is 3.13. The van der Waals surface area contributed by atoms with Gasteiger partial charge in [-0.3, -0.25) is 0 Å². The van der Waals surface area contributed by atoms with Crippen molar-refractivity contribution in [1.29, 1.82) is 0 Å². The highest BCUT2D eigenvalue weighted by Crippen LogP contribution is 2.15. The molecular weight excluding hydrogens is 265 g/mol. The maximum absolute atomic E-state index is 13.2. The summed E-state index contributed by atoms with van der Waals surface area (Å²) in [4.78, 5) is 3.88. The summed E-state index contributed by atoms with van der Waals surface area (Å²) in [6.45, 7) is 1.99. The summed E-state index contributed by atoms with van der Waals surface area (Å²) in [5.74, 6) is -0.155. The third-order valence-electron chi connectivity index (χ3n) is 1.61. The van der Waals surface area contributed by atoms with Crippen molar-refractivity contribution in [3.8, 4) is 0 Å². The predicted octanol–water partition coefficient (Wildman–Crippen LogP) is 1.37. The molecule has 1 aromatic heterocycles. The molecule has 0 aromatic carbocycles. The molecule has 84 valence electrons. The Balaban J connectivity index is 2.31. The molecule has 1 heterocycles. The topological polar surface area (TPSA) is 60.2 Å². The quantitative estimate of drug-likeness (QED) is 0.772. The van der Waals surface area contributed by atoms with Gasteiger partial charge in [-0.2, -0.15) is 0 Å². The molecule has 0 spiro atoms. The van der Waals surface area contributed by atoms with Gasteiger partial charge >= 0.3 is 0 Å². The van der Waals surface area contributed by atoms with Crippen molar-refractivity contribution < 1.29 is 9.13 Å². The minimum absolute atomic E-state index is 0.231. The molecule has 0 aliphatic carbocycles. The third-order valence-corrected chi connectivity index (χ3v) is 2.04. The van der Waals surface area contributed by atoms with Crippen molar-refractivity contribution in [2.24, 2.45) is 5.73 Å². The van der Waals surface area contributed by atoms with E-state index in [0.29, 0.717) is 30.8 Å². The van der Waals surface area contributed by atoms with E-state index in [4.69, 9.17) is 10.5 Å². The van der Waals surface area contributed by atoms with Crippen LogP contribution in [0.1, 0.15) is 0 Å². The van der Waals surface area contributed by atoms with E-state index < -0.39 is 0 Å². The first kappa shape index (κ1) is 12.4. The second-order valence-corrected chi connectivity index (χ2v) is 3.73. The van der Waals surface area contributed by atoms with Gasteiger partial charge in [-0.1, -0.05) is 0 Å². The molecule has 0 amide bonds. The first-order chi connectivity index (χ1) is 7.24. The molecule has 0 unspecified atom stereocenters. The summed E-state index contributed by atoms with van der Waals surface area (Å²) in [6, 6.07) is 1.36. The number of halogens is 2. The average Bonchev–Trinajstić information content (AvgIpc) is 2.20. The van der Waals surface area contributed by atoms with Gasteiger partial charge in [0.25, 0.3) is 0 Å². The molecule has 0 aliphatic rings. The average molecular weight is 278 g/mol. The predicted molar refractivity (Wildman–Crippen MR) is 60.3 cm³/mol. The van der Waals surface area contributed by atoms with Crippen LogP contribution in [0.4, 0.5) is 10.2 Å². The zero-order valence-electron chi connectivity index (χ0n) is 8.17. The lowest BCUT2D eigenvalue weighted by Crippen LogP contribution is -2.15. The molecule has 6 heteroatoms. The maximum atomic E-state index is 13.2. The van der Waals surface area contributed by atoms with Crippen molar-refractivity contribution in [2.75, 3.05) is 31.6 Å². The second kappa shape index (κ2) is 6.71. The summed E-state index contributed by atoms with van der Waals surface area (Å²) in [5, 5.41) is 2.83. The molecule has 0 saturated heterocycles. The van der Waals surface area contributed by atoms with Crippen molar-refractivity contribution in [1.82, 2.24) is 4.98 Å². The standard InChI is InChI=1S/C9H13BrFN3O/c10-7-5-8(11)9(14-6-7)13-2-4-15-3-1-12/h5-6H,1-4,12H2,(H,13,14). The van der Waals surface area contributed by atoms with Gasteiger partial charge in [0.05, 0.1) is 13.2 Å². The van der Waals surface area contributed by atoms with E-state index in [-0.39, 0.29) is 11.6 Å². The number of hydrogen-bond acceptors (Lipinski definition) is 4. The Labute approximate surface area is 96.1 Å². The first-order valence-corrected chi connectivity index (χ1v) is 5.36. The van der Waals surface area contributed by atoms with Gasteiger partial charge in [-0.25, -0.2) is 9.37 Å². The Kier molecular flexibility index (Phi) is 5.52. The van der Waals surface area contributed by atoms with Crippen molar-refractivity contribution >= 4 is 21.7 Å². The number of nitrogens with one attached hydrogen (secondary N) is 1. The van der Waals surface area contributed by atoms with Gasteiger partial charge < -0.3 is 15.8 Å². The smallest absolute Gasteiger partial charge is 0.166 e. The van der Waals surface area contributed by atoms with Crippen LogP contribution < -0.4 is 11.1 Å². The SMILES string of the molecule is NCCOCCNc1ncc(Br)cc1F. The fourth-order valence-corrected chi connectivity index (χ4v) is 1.28. The molecule has 1 aromatic rings. The lowest BCUT2D eigenvalue weighted by Gasteiger charge is -2.06. The van der Waals surface area contributed by atoms with E-state index in [1.54, 1.807) is 0 Å². The Morgan fingerprint density at radius 2 is 2.33 bits per heavy atom. The van der Waals surface area contributed by atoms with E-state index in [1.807, 2.05) is 0 Å². The lowest BCUT2D eigenvalue weighted by atomic mass is 10.4. The largest absolute Gasteiger partial charge is 0.378 e. The minimum Gasteiger partial charge on any atom is -0.378 e. The summed E-state index contributed by atoms with van der Waals surface area (Å²) < 4.78 is 18.9. The first-order valence-electron chi connectivity index (χ1n) is 4.56. The molecule has 0 radical (unpaired) electrons. The van der Waals surface area contributed by atoms with Crippen molar-refractivity contribution in [3.05, 3.63) is 22.6 Å². The Bertz CT molecular complexity index is 311. The minimum atomic E-state index is -0.386. The number of anilines is 1. The van der Waals surface area contributed by atoms with Crippen LogP contribution >= 0.6 is 15.9 Å². The van der Waals surface area contributed by atoms with Gasteiger partial charge in [0, 0.05) is 23.8 Å². The number of pyridine rings is 1. The van der Waals surface area contributed by atoms with Gasteiger partial charge in [-0.15, -0.1) is 0 Å². The van der Waals surface area contributed by atoms with Crippen LogP contribution in [0.3, 0.4) is 0 Å². The number of hydrogen-bond donors (Lipinski definition) is 2. The van der Waals surface area contributed by atoms with Crippen LogP contribution in [0.25, 0.3) is 0 Å². The monoisotopic (exact) mass is 277 g/mol. The Morgan fingerprint density at radius 3 is 3.00 bits per heavy atom. The second-order valence-electron chi connectivity index (χ2n) is 2.81. The van der Waals surface area contributed by atoms with Gasteiger partial charge in [0.2, 0.25) is 0 Å². The van der Waals surface area contributed by atoms with E-state index >= 15 is 0 Å². The van der Waals surface area contributed by atoms with E-state index in [1.165, 1.54) is 12.3 Å². The molecule has 4 nitrogen and oxygen atoms in total. The summed E-state index contributed by atoms with van der Waals surface area (Å²) in [7, 11) is 0. The van der Waals surface area contributed by atoms with Crippen LogP contribution in [-0.4, -0.2) is 31.3 Å². The van der Waals surface area contributed by atoms with E-state index in [9.17, 15) is 4.39 Å². The lowest BCUT2D eigenvalue weighted by molar-refractivity contribution is 0.151. The summed E-state index contributed by atoms with van der Waals surface area (Å²) in [5.41, 5.74) is 5.24.